The number of carbonyl (C=O) groups excluding carboxylic acids is 3. The molecular formula is C11H17N3O6S. The van der Waals surface area contributed by atoms with Gasteiger partial charge < -0.3 is 10.1 Å². The molecule has 10 heteroatoms. The number of esters is 1. The Bertz CT molecular complexity index is 565. The van der Waals surface area contributed by atoms with E-state index < -0.39 is 33.5 Å². The Hall–Kier alpha value is -1.68. The van der Waals surface area contributed by atoms with E-state index >= 15 is 0 Å². The average molecular weight is 319 g/mol. The highest BCUT2D eigenvalue weighted by atomic mass is 32.2. The molecule has 0 radical (unpaired) electrons. The Morgan fingerprint density at radius 2 is 1.95 bits per heavy atom. The number of rotatable bonds is 4. The summed E-state index contributed by atoms with van der Waals surface area (Å²) in [6.45, 7) is 0.244. The molecule has 0 aromatic carbocycles. The van der Waals surface area contributed by atoms with Crippen LogP contribution in [0, 0.1) is 0 Å². The maximum Gasteiger partial charge on any atom is 0.322 e. The predicted molar refractivity (Wildman–Crippen MR) is 70.6 cm³/mol. The molecule has 2 rings (SSSR count). The number of piperidine rings is 1. The predicted octanol–water partition coefficient (Wildman–Crippen LogP) is -1.45. The third-order valence-corrected chi connectivity index (χ3v) is 5.65. The summed E-state index contributed by atoms with van der Waals surface area (Å²) in [5.74, 6) is -1.33. The minimum atomic E-state index is -3.58. The molecule has 2 aliphatic rings. The van der Waals surface area contributed by atoms with E-state index in [1.54, 1.807) is 0 Å². The lowest BCUT2D eigenvalue weighted by Crippen LogP contribution is -2.56. The maximum absolute atomic E-state index is 12.1. The highest BCUT2D eigenvalue weighted by Crippen LogP contribution is 2.27. The zero-order valence-electron chi connectivity index (χ0n) is 11.5. The van der Waals surface area contributed by atoms with Gasteiger partial charge >= 0.3 is 12.0 Å². The van der Waals surface area contributed by atoms with Crippen molar-refractivity contribution in [1.29, 1.82) is 0 Å². The molecule has 0 aromatic heterocycles. The van der Waals surface area contributed by atoms with Crippen molar-refractivity contribution < 1.29 is 27.5 Å². The maximum atomic E-state index is 12.1. The summed E-state index contributed by atoms with van der Waals surface area (Å²) in [7, 11) is -2.38. The molecule has 2 N–H and O–H groups in total. The normalized spacial score (nSPS) is 22.0. The van der Waals surface area contributed by atoms with Crippen molar-refractivity contribution in [1.82, 2.24) is 14.9 Å². The van der Waals surface area contributed by atoms with Crippen LogP contribution in [-0.4, -0.2) is 62.1 Å². The third kappa shape index (κ3) is 3.16. The van der Waals surface area contributed by atoms with Crippen molar-refractivity contribution in [2.24, 2.45) is 0 Å². The largest absolute Gasteiger partial charge is 0.469 e. The molecule has 0 aromatic rings. The second-order valence-corrected chi connectivity index (χ2v) is 7.12. The number of nitrogens with zero attached hydrogens (tertiary/aromatic N) is 1. The fourth-order valence-corrected chi connectivity index (χ4v) is 3.89. The fourth-order valence-electron chi connectivity index (χ4n) is 2.47. The van der Waals surface area contributed by atoms with Crippen molar-refractivity contribution in [2.45, 2.75) is 24.8 Å². The van der Waals surface area contributed by atoms with Gasteiger partial charge in [0.15, 0.2) is 0 Å². The van der Waals surface area contributed by atoms with Crippen LogP contribution in [0.1, 0.15) is 19.3 Å². The van der Waals surface area contributed by atoms with Crippen LogP contribution in [0.4, 0.5) is 4.79 Å². The molecule has 2 saturated heterocycles. The minimum Gasteiger partial charge on any atom is -0.469 e. The summed E-state index contributed by atoms with van der Waals surface area (Å²) in [5.41, 5.74) is -1.01. The highest BCUT2D eigenvalue weighted by Gasteiger charge is 2.49. The molecule has 118 valence electrons. The number of amides is 3. The standard InChI is InChI=1S/C11H17N3O6S/c1-20-8(15)2-7-21(18,19)14-5-3-11(4-6-14)9(16)12-10(17)13-11/h2-7H2,1H3,(H2,12,13,16,17). The van der Waals surface area contributed by atoms with Crippen LogP contribution in [0.5, 0.6) is 0 Å². The summed E-state index contributed by atoms with van der Waals surface area (Å²) in [4.78, 5) is 34.0. The summed E-state index contributed by atoms with van der Waals surface area (Å²) in [6, 6.07) is -0.554. The van der Waals surface area contributed by atoms with E-state index in [1.807, 2.05) is 0 Å². The van der Waals surface area contributed by atoms with Gasteiger partial charge in [-0.3, -0.25) is 14.9 Å². The van der Waals surface area contributed by atoms with Gasteiger partial charge in [0, 0.05) is 13.1 Å². The Labute approximate surface area is 122 Å². The molecule has 2 heterocycles. The Balaban J connectivity index is 1.96. The quantitative estimate of drug-likeness (QED) is 0.483. The number of methoxy groups -OCH3 is 1. The van der Waals surface area contributed by atoms with Gasteiger partial charge in [0.25, 0.3) is 5.91 Å². The van der Waals surface area contributed by atoms with Gasteiger partial charge in [-0.05, 0) is 12.8 Å². The summed E-state index contributed by atoms with van der Waals surface area (Å²) in [5, 5.41) is 4.72. The smallest absolute Gasteiger partial charge is 0.322 e. The molecule has 21 heavy (non-hydrogen) atoms. The first-order valence-electron chi connectivity index (χ1n) is 6.47. The first kappa shape index (κ1) is 15.7. The van der Waals surface area contributed by atoms with Gasteiger partial charge in [-0.1, -0.05) is 0 Å². The summed E-state index contributed by atoms with van der Waals surface area (Å²) >= 11 is 0. The van der Waals surface area contributed by atoms with Crippen LogP contribution in [0.2, 0.25) is 0 Å². The lowest BCUT2D eigenvalue weighted by atomic mass is 9.89. The Morgan fingerprint density at radius 1 is 1.33 bits per heavy atom. The van der Waals surface area contributed by atoms with Gasteiger partial charge in [-0.25, -0.2) is 17.5 Å². The van der Waals surface area contributed by atoms with Crippen LogP contribution in [0.3, 0.4) is 0 Å². The van der Waals surface area contributed by atoms with Crippen LogP contribution < -0.4 is 10.6 Å². The monoisotopic (exact) mass is 319 g/mol. The van der Waals surface area contributed by atoms with Crippen molar-refractivity contribution in [3.05, 3.63) is 0 Å². The lowest BCUT2D eigenvalue weighted by Gasteiger charge is -2.36. The van der Waals surface area contributed by atoms with Crippen LogP contribution in [-0.2, 0) is 24.3 Å². The van der Waals surface area contributed by atoms with E-state index in [-0.39, 0.29) is 38.1 Å². The number of carbonyl (C=O) groups is 3. The molecule has 2 aliphatic heterocycles. The van der Waals surface area contributed by atoms with Gasteiger partial charge in [-0.2, -0.15) is 0 Å². The molecular weight excluding hydrogens is 302 g/mol. The van der Waals surface area contributed by atoms with E-state index in [2.05, 4.69) is 15.4 Å². The number of hydrogen-bond acceptors (Lipinski definition) is 6. The zero-order valence-corrected chi connectivity index (χ0v) is 12.4. The number of urea groups is 1. The Kier molecular flexibility index (Phi) is 4.19. The first-order valence-corrected chi connectivity index (χ1v) is 8.08. The lowest BCUT2D eigenvalue weighted by molar-refractivity contribution is -0.140. The molecule has 0 unspecified atom stereocenters. The van der Waals surface area contributed by atoms with Crippen LogP contribution >= 0.6 is 0 Å². The summed E-state index contributed by atoms with van der Waals surface area (Å²) < 4.78 is 29.8. The molecule has 1 spiro atoms. The Morgan fingerprint density at radius 3 is 2.43 bits per heavy atom. The van der Waals surface area contributed by atoms with Crippen molar-refractivity contribution in [2.75, 3.05) is 26.0 Å². The van der Waals surface area contributed by atoms with E-state index in [9.17, 15) is 22.8 Å². The molecule has 0 aliphatic carbocycles. The highest BCUT2D eigenvalue weighted by molar-refractivity contribution is 7.89. The van der Waals surface area contributed by atoms with Crippen LogP contribution in [0.15, 0.2) is 0 Å². The second kappa shape index (κ2) is 5.60. The SMILES string of the molecule is COC(=O)CCS(=O)(=O)N1CCC2(CC1)NC(=O)NC2=O. The van der Waals surface area contributed by atoms with Crippen molar-refractivity contribution in [3.8, 4) is 0 Å². The van der Waals surface area contributed by atoms with Crippen molar-refractivity contribution in [3.63, 3.8) is 0 Å². The van der Waals surface area contributed by atoms with E-state index in [4.69, 9.17) is 0 Å². The first-order chi connectivity index (χ1) is 9.79. The number of imide groups is 1. The molecule has 3 amide bonds. The van der Waals surface area contributed by atoms with Gasteiger partial charge in [0.1, 0.15) is 5.54 Å². The number of sulfonamides is 1. The van der Waals surface area contributed by atoms with Gasteiger partial charge in [0.2, 0.25) is 10.0 Å². The van der Waals surface area contributed by atoms with E-state index in [0.717, 1.165) is 0 Å². The topological polar surface area (TPSA) is 122 Å². The van der Waals surface area contributed by atoms with Crippen molar-refractivity contribution >= 4 is 27.9 Å². The molecule has 0 saturated carbocycles. The number of nitrogens with one attached hydrogen (secondary N) is 2. The third-order valence-electron chi connectivity index (χ3n) is 3.78. The summed E-state index contributed by atoms with van der Waals surface area (Å²) in [6.07, 6.45) is 0.210. The molecule has 9 nitrogen and oxygen atoms in total. The number of ether oxygens (including phenoxy) is 1. The number of hydrogen-bond donors (Lipinski definition) is 2. The van der Waals surface area contributed by atoms with Crippen LogP contribution in [0.25, 0.3) is 0 Å². The average Bonchev–Trinajstić information content (AvgIpc) is 2.71. The molecule has 2 fully saturated rings. The van der Waals surface area contributed by atoms with E-state index in [0.29, 0.717) is 0 Å². The van der Waals surface area contributed by atoms with Gasteiger partial charge in [-0.15, -0.1) is 0 Å². The zero-order chi connectivity index (χ0) is 15.7. The second-order valence-electron chi connectivity index (χ2n) is 5.03. The molecule has 0 atom stereocenters. The van der Waals surface area contributed by atoms with Gasteiger partial charge in [0.05, 0.1) is 19.3 Å². The molecule has 0 bridgehead atoms. The van der Waals surface area contributed by atoms with E-state index in [1.165, 1.54) is 11.4 Å². The minimum absolute atomic E-state index is 0.122. The fraction of sp³-hybridized carbons (Fsp3) is 0.727.